The average Bonchev–Trinajstić information content (AvgIpc) is 3.15. The van der Waals surface area contributed by atoms with Gasteiger partial charge in [0, 0.05) is 23.6 Å². The lowest BCUT2D eigenvalue weighted by atomic mass is 10.0. The lowest BCUT2D eigenvalue weighted by Crippen LogP contribution is -2.47. The number of halogens is 3. The zero-order chi connectivity index (χ0) is 22.5. The number of carbonyl (C=O) groups is 2. The maximum Gasteiger partial charge on any atom is 0.253 e. The van der Waals surface area contributed by atoms with Crippen LogP contribution in [0, 0.1) is 17.6 Å². The van der Waals surface area contributed by atoms with Crippen LogP contribution in [-0.2, 0) is 11.2 Å². The zero-order valence-electron chi connectivity index (χ0n) is 16.8. The number of benzene rings is 2. The fourth-order valence-electron chi connectivity index (χ4n) is 2.88. The molecule has 1 atom stereocenters. The van der Waals surface area contributed by atoms with E-state index >= 15 is 0 Å². The number of nitrogens with one attached hydrogen (secondary N) is 2. The second-order valence-corrected chi connectivity index (χ2v) is 8.73. The number of hydrogen-bond acceptors (Lipinski definition) is 4. The molecule has 0 aliphatic heterocycles. The van der Waals surface area contributed by atoms with Crippen molar-refractivity contribution in [3.63, 3.8) is 0 Å². The van der Waals surface area contributed by atoms with Gasteiger partial charge in [-0.25, -0.2) is 13.8 Å². The van der Waals surface area contributed by atoms with Crippen LogP contribution in [0.25, 0.3) is 0 Å². The highest BCUT2D eigenvalue weighted by atomic mass is 35.5. The summed E-state index contributed by atoms with van der Waals surface area (Å²) in [6.45, 7) is 3.61. The highest BCUT2D eigenvalue weighted by Crippen LogP contribution is 2.23. The fourth-order valence-corrected chi connectivity index (χ4v) is 3.94. The predicted molar refractivity (Wildman–Crippen MR) is 117 cm³/mol. The molecule has 5 nitrogen and oxygen atoms in total. The normalized spacial score (nSPS) is 11.9. The Hall–Kier alpha value is -2.84. The third-order valence-corrected chi connectivity index (χ3v) is 5.76. The van der Waals surface area contributed by atoms with E-state index in [1.165, 1.54) is 29.7 Å². The van der Waals surface area contributed by atoms with Crippen LogP contribution in [0.3, 0.4) is 0 Å². The lowest BCUT2D eigenvalue weighted by Gasteiger charge is -2.21. The van der Waals surface area contributed by atoms with E-state index in [1.807, 2.05) is 13.8 Å². The molecule has 9 heteroatoms. The van der Waals surface area contributed by atoms with Crippen LogP contribution in [0.1, 0.15) is 34.6 Å². The Morgan fingerprint density at radius 3 is 2.58 bits per heavy atom. The molecule has 0 saturated carbocycles. The lowest BCUT2D eigenvalue weighted by molar-refractivity contribution is -0.118. The molecule has 0 radical (unpaired) electrons. The summed E-state index contributed by atoms with van der Waals surface area (Å²) in [6, 6.07) is 9.16. The maximum atomic E-state index is 13.9. The average molecular weight is 464 g/mol. The van der Waals surface area contributed by atoms with Crippen molar-refractivity contribution in [2.45, 2.75) is 26.3 Å². The summed E-state index contributed by atoms with van der Waals surface area (Å²) in [7, 11) is 0. The van der Waals surface area contributed by atoms with Crippen molar-refractivity contribution in [3.8, 4) is 0 Å². The SMILES string of the molecule is CC(C)C(NC(=O)c1ccccc1Cl)C(=O)Nc1ncc(Cc2ccc(F)cc2F)s1. The smallest absolute Gasteiger partial charge is 0.253 e. The van der Waals surface area contributed by atoms with Gasteiger partial charge in [-0.2, -0.15) is 0 Å². The van der Waals surface area contributed by atoms with Gasteiger partial charge >= 0.3 is 0 Å². The Morgan fingerprint density at radius 1 is 1.16 bits per heavy atom. The minimum absolute atomic E-state index is 0.195. The van der Waals surface area contributed by atoms with Crippen molar-refractivity contribution in [2.75, 3.05) is 5.32 Å². The van der Waals surface area contributed by atoms with E-state index in [2.05, 4.69) is 15.6 Å². The largest absolute Gasteiger partial charge is 0.340 e. The van der Waals surface area contributed by atoms with Gasteiger partial charge in [0.1, 0.15) is 17.7 Å². The molecule has 3 aromatic rings. The Morgan fingerprint density at radius 2 is 1.90 bits per heavy atom. The van der Waals surface area contributed by atoms with E-state index in [4.69, 9.17) is 11.6 Å². The molecule has 162 valence electrons. The summed E-state index contributed by atoms with van der Waals surface area (Å²) in [5, 5.41) is 6.01. The van der Waals surface area contributed by atoms with E-state index in [9.17, 15) is 18.4 Å². The van der Waals surface area contributed by atoms with E-state index < -0.39 is 29.5 Å². The quantitative estimate of drug-likeness (QED) is 0.514. The van der Waals surface area contributed by atoms with Crippen molar-refractivity contribution in [2.24, 2.45) is 5.92 Å². The van der Waals surface area contributed by atoms with E-state index in [-0.39, 0.29) is 17.9 Å². The van der Waals surface area contributed by atoms with Crippen LogP contribution in [0.2, 0.25) is 5.02 Å². The summed E-state index contributed by atoms with van der Waals surface area (Å²) < 4.78 is 26.9. The first-order chi connectivity index (χ1) is 14.7. The first-order valence-corrected chi connectivity index (χ1v) is 10.7. The molecule has 1 heterocycles. The molecule has 0 fully saturated rings. The second-order valence-electron chi connectivity index (χ2n) is 7.21. The van der Waals surface area contributed by atoms with Crippen LogP contribution in [-0.4, -0.2) is 22.8 Å². The van der Waals surface area contributed by atoms with Gasteiger partial charge in [-0.1, -0.05) is 43.6 Å². The monoisotopic (exact) mass is 463 g/mol. The summed E-state index contributed by atoms with van der Waals surface area (Å²) in [5.41, 5.74) is 0.607. The number of hydrogen-bond donors (Lipinski definition) is 2. The predicted octanol–water partition coefficient (Wildman–Crippen LogP) is 5.06. The molecule has 3 rings (SSSR count). The van der Waals surface area contributed by atoms with E-state index in [1.54, 1.807) is 24.3 Å². The highest BCUT2D eigenvalue weighted by molar-refractivity contribution is 7.15. The summed E-state index contributed by atoms with van der Waals surface area (Å²) in [4.78, 5) is 30.2. The van der Waals surface area contributed by atoms with Gasteiger partial charge < -0.3 is 10.6 Å². The number of rotatable bonds is 7. The molecule has 2 amide bonds. The van der Waals surface area contributed by atoms with Gasteiger partial charge in [0.15, 0.2) is 5.13 Å². The Labute approximate surface area is 187 Å². The molecule has 0 aliphatic carbocycles. The Bertz CT molecular complexity index is 1100. The van der Waals surface area contributed by atoms with Crippen molar-refractivity contribution in [1.82, 2.24) is 10.3 Å². The summed E-state index contributed by atoms with van der Waals surface area (Å²) in [6.07, 6.45) is 1.74. The first-order valence-electron chi connectivity index (χ1n) is 9.49. The van der Waals surface area contributed by atoms with Gasteiger partial charge in [-0.05, 0) is 29.7 Å². The van der Waals surface area contributed by atoms with Crippen molar-refractivity contribution >= 4 is 39.9 Å². The standard InChI is InChI=1S/C22H20ClF2N3O2S/c1-12(2)19(27-20(29)16-5-3-4-6-17(16)23)21(30)28-22-26-11-15(31-22)9-13-7-8-14(24)10-18(13)25/h3-8,10-12,19H,9H2,1-2H3,(H,27,29)(H,26,28,30). The minimum Gasteiger partial charge on any atom is -0.340 e. The number of carbonyl (C=O) groups excluding carboxylic acids is 2. The van der Waals surface area contributed by atoms with Gasteiger partial charge in [0.05, 0.1) is 10.6 Å². The van der Waals surface area contributed by atoms with Gasteiger partial charge in [-0.3, -0.25) is 9.59 Å². The van der Waals surface area contributed by atoms with E-state index in [0.717, 1.165) is 6.07 Å². The van der Waals surface area contributed by atoms with Crippen molar-refractivity contribution in [1.29, 1.82) is 0 Å². The topological polar surface area (TPSA) is 71.1 Å². The van der Waals surface area contributed by atoms with Crippen LogP contribution >= 0.6 is 22.9 Å². The first kappa shape index (κ1) is 22.8. The van der Waals surface area contributed by atoms with Crippen LogP contribution in [0.5, 0.6) is 0 Å². The fraction of sp³-hybridized carbons (Fsp3) is 0.227. The third-order valence-electron chi connectivity index (χ3n) is 4.52. The highest BCUT2D eigenvalue weighted by Gasteiger charge is 2.26. The van der Waals surface area contributed by atoms with Gasteiger partial charge in [-0.15, -0.1) is 11.3 Å². The molecule has 2 aromatic carbocycles. The van der Waals surface area contributed by atoms with Crippen LogP contribution in [0.4, 0.5) is 13.9 Å². The number of nitrogens with zero attached hydrogens (tertiary/aromatic N) is 1. The van der Waals surface area contributed by atoms with Gasteiger partial charge in [0.2, 0.25) is 5.91 Å². The van der Waals surface area contributed by atoms with Crippen molar-refractivity contribution < 1.29 is 18.4 Å². The molecule has 1 aromatic heterocycles. The molecular weight excluding hydrogens is 444 g/mol. The number of aromatic nitrogens is 1. The molecule has 0 spiro atoms. The Balaban J connectivity index is 1.67. The molecule has 0 aliphatic rings. The Kier molecular flexibility index (Phi) is 7.35. The summed E-state index contributed by atoms with van der Waals surface area (Å²) >= 11 is 7.24. The minimum atomic E-state index is -0.814. The number of thiazole rings is 1. The van der Waals surface area contributed by atoms with E-state index in [0.29, 0.717) is 20.6 Å². The molecule has 0 bridgehead atoms. The maximum absolute atomic E-state index is 13.9. The number of anilines is 1. The number of amides is 2. The molecule has 2 N–H and O–H groups in total. The third kappa shape index (κ3) is 5.86. The zero-order valence-corrected chi connectivity index (χ0v) is 18.4. The van der Waals surface area contributed by atoms with Gasteiger partial charge in [0.25, 0.3) is 5.91 Å². The molecular formula is C22H20ClF2N3O2S. The van der Waals surface area contributed by atoms with Crippen LogP contribution in [0.15, 0.2) is 48.7 Å². The molecule has 1 unspecified atom stereocenters. The summed E-state index contributed by atoms with van der Waals surface area (Å²) in [5.74, 6) is -2.35. The molecule has 31 heavy (non-hydrogen) atoms. The second kappa shape index (κ2) is 9.98. The van der Waals surface area contributed by atoms with Crippen molar-refractivity contribution in [3.05, 3.63) is 81.3 Å². The van der Waals surface area contributed by atoms with Crippen LogP contribution < -0.4 is 10.6 Å². The molecule has 0 saturated heterocycles.